The highest BCUT2D eigenvalue weighted by Gasteiger charge is 2.45. The zero-order chi connectivity index (χ0) is 23.7. The third kappa shape index (κ3) is 3.51. The molecule has 1 aliphatic rings. The molecular weight excluding hydrogens is 442 g/mol. The van der Waals surface area contributed by atoms with E-state index in [9.17, 15) is 18.0 Å². The number of nitrogens with zero attached hydrogens (tertiary/aromatic N) is 3. The summed E-state index contributed by atoms with van der Waals surface area (Å²) in [7, 11) is -3.03. The quantitative estimate of drug-likeness (QED) is 0.413. The fourth-order valence-corrected chi connectivity index (χ4v) is 7.20. The molecule has 1 aliphatic heterocycles. The van der Waals surface area contributed by atoms with Crippen molar-refractivity contribution >= 4 is 37.8 Å². The SMILES string of the molecule is Cc1nc2c(-n3c(=O)n(C(C)C)c4cc(C(=O)CC5(C)CS(=O)(=O)C5)ccc43)cccc2o1. The first-order valence-electron chi connectivity index (χ1n) is 10.9. The number of sulfone groups is 1. The molecule has 0 unspecified atom stereocenters. The maximum Gasteiger partial charge on any atom is 0.334 e. The lowest BCUT2D eigenvalue weighted by atomic mass is 9.86. The van der Waals surface area contributed by atoms with Crippen molar-refractivity contribution in [1.29, 1.82) is 0 Å². The van der Waals surface area contributed by atoms with Crippen LogP contribution in [0.4, 0.5) is 0 Å². The van der Waals surface area contributed by atoms with E-state index in [2.05, 4.69) is 4.98 Å². The number of carbonyl (C=O) groups excluding carboxylic acids is 1. The van der Waals surface area contributed by atoms with Gasteiger partial charge >= 0.3 is 5.69 Å². The van der Waals surface area contributed by atoms with E-state index in [-0.39, 0.29) is 35.4 Å². The summed E-state index contributed by atoms with van der Waals surface area (Å²) in [4.78, 5) is 31.0. The van der Waals surface area contributed by atoms with Crippen LogP contribution in [0.15, 0.2) is 45.6 Å². The van der Waals surface area contributed by atoms with Gasteiger partial charge in [-0.2, -0.15) is 0 Å². The molecule has 4 aromatic rings. The van der Waals surface area contributed by atoms with Crippen LogP contribution < -0.4 is 5.69 Å². The molecule has 8 nitrogen and oxygen atoms in total. The van der Waals surface area contributed by atoms with E-state index in [1.807, 2.05) is 39.0 Å². The van der Waals surface area contributed by atoms with Crippen LogP contribution in [-0.2, 0) is 9.84 Å². The number of oxazole rings is 1. The Labute approximate surface area is 190 Å². The van der Waals surface area contributed by atoms with Gasteiger partial charge in [-0.3, -0.25) is 13.9 Å². The Kier molecular flexibility index (Phi) is 4.69. The Morgan fingerprint density at radius 2 is 1.91 bits per heavy atom. The van der Waals surface area contributed by atoms with Gasteiger partial charge in [0, 0.05) is 30.4 Å². The zero-order valence-electron chi connectivity index (χ0n) is 19.0. The summed E-state index contributed by atoms with van der Waals surface area (Å²) >= 11 is 0. The molecule has 9 heteroatoms. The molecular formula is C24H25N3O5S. The summed E-state index contributed by atoms with van der Waals surface area (Å²) in [6, 6.07) is 10.5. The number of hydrogen-bond donors (Lipinski definition) is 0. The van der Waals surface area contributed by atoms with Gasteiger partial charge in [-0.15, -0.1) is 0 Å². The van der Waals surface area contributed by atoms with Crippen molar-refractivity contribution in [3.8, 4) is 5.69 Å². The third-order valence-corrected chi connectivity index (χ3v) is 8.45. The first-order valence-corrected chi connectivity index (χ1v) is 12.7. The van der Waals surface area contributed by atoms with Crippen molar-refractivity contribution in [3.63, 3.8) is 0 Å². The number of carbonyl (C=O) groups is 1. The van der Waals surface area contributed by atoms with E-state index in [1.54, 1.807) is 34.3 Å². The Bertz CT molecular complexity index is 1590. The molecule has 33 heavy (non-hydrogen) atoms. The number of hydrogen-bond acceptors (Lipinski definition) is 6. The lowest BCUT2D eigenvalue weighted by Crippen LogP contribution is -2.47. The highest BCUT2D eigenvalue weighted by Crippen LogP contribution is 2.37. The minimum absolute atomic E-state index is 0.0299. The second-order valence-corrected chi connectivity index (χ2v) is 11.6. The van der Waals surface area contributed by atoms with Crippen molar-refractivity contribution in [2.24, 2.45) is 5.41 Å². The molecule has 172 valence electrons. The second-order valence-electron chi connectivity index (χ2n) is 9.58. The molecule has 0 atom stereocenters. The minimum atomic E-state index is -3.03. The average Bonchev–Trinajstić information content (AvgIpc) is 3.21. The molecule has 0 aliphatic carbocycles. The van der Waals surface area contributed by atoms with E-state index < -0.39 is 15.3 Å². The first kappa shape index (κ1) is 21.6. The molecule has 0 amide bonds. The first-order chi connectivity index (χ1) is 15.5. The number of benzene rings is 2. The van der Waals surface area contributed by atoms with E-state index in [4.69, 9.17) is 4.42 Å². The zero-order valence-corrected chi connectivity index (χ0v) is 19.8. The summed E-state index contributed by atoms with van der Waals surface area (Å²) in [6.45, 7) is 7.42. The van der Waals surface area contributed by atoms with Crippen LogP contribution in [0.2, 0.25) is 0 Å². The smallest absolute Gasteiger partial charge is 0.334 e. The van der Waals surface area contributed by atoms with Crippen LogP contribution in [-0.4, -0.2) is 39.8 Å². The third-order valence-electron chi connectivity index (χ3n) is 6.18. The number of fused-ring (bicyclic) bond motifs is 2. The molecule has 1 saturated heterocycles. The maximum atomic E-state index is 13.5. The Morgan fingerprint density at radius 3 is 2.58 bits per heavy atom. The number of imidazole rings is 1. The van der Waals surface area contributed by atoms with Crippen LogP contribution in [0.3, 0.4) is 0 Å². The van der Waals surface area contributed by atoms with Gasteiger partial charge in [-0.1, -0.05) is 13.0 Å². The number of Topliss-reactive ketones (excluding diaryl/α,β-unsaturated/α-hetero) is 1. The van der Waals surface area contributed by atoms with Crippen LogP contribution >= 0.6 is 0 Å². The summed E-state index contributed by atoms with van der Waals surface area (Å²) in [5.41, 5.74) is 2.82. The standard InChI is InChI=1S/C24H25N3O5S/c1-14(2)26-19-10-16(20(28)11-24(4)12-33(30,31)13-24)8-9-17(19)27(23(26)29)18-6-5-7-21-22(18)25-15(3)32-21/h5-10,14H,11-13H2,1-4H3. The van der Waals surface area contributed by atoms with Gasteiger partial charge < -0.3 is 4.42 Å². The van der Waals surface area contributed by atoms with Crippen molar-refractivity contribution in [2.75, 3.05) is 11.5 Å². The molecule has 0 radical (unpaired) electrons. The molecule has 1 fully saturated rings. The van der Waals surface area contributed by atoms with Gasteiger partial charge in [-0.25, -0.2) is 18.2 Å². The van der Waals surface area contributed by atoms with Crippen LogP contribution in [0.5, 0.6) is 0 Å². The second kappa shape index (κ2) is 7.15. The summed E-state index contributed by atoms with van der Waals surface area (Å²) in [5, 5.41) is 0. The van der Waals surface area contributed by atoms with Crippen LogP contribution in [0.25, 0.3) is 27.8 Å². The molecule has 3 heterocycles. The summed E-state index contributed by atoms with van der Waals surface area (Å²) < 4.78 is 32.1. The van der Waals surface area contributed by atoms with E-state index in [0.717, 1.165) is 0 Å². The average molecular weight is 468 g/mol. The lowest BCUT2D eigenvalue weighted by Gasteiger charge is -2.37. The largest absolute Gasteiger partial charge is 0.441 e. The predicted molar refractivity (Wildman–Crippen MR) is 126 cm³/mol. The Balaban J connectivity index is 1.65. The van der Waals surface area contributed by atoms with Crippen LogP contribution in [0.1, 0.15) is 49.5 Å². The maximum absolute atomic E-state index is 13.5. The molecule has 0 saturated carbocycles. The van der Waals surface area contributed by atoms with Crippen molar-refractivity contribution in [2.45, 2.75) is 40.2 Å². The van der Waals surface area contributed by atoms with E-state index >= 15 is 0 Å². The fourth-order valence-electron chi connectivity index (χ4n) is 4.96. The number of rotatable bonds is 5. The molecule has 0 spiro atoms. The number of aromatic nitrogens is 3. The predicted octanol–water partition coefficient (Wildman–Crippen LogP) is 3.83. The van der Waals surface area contributed by atoms with Gasteiger partial charge in [0.2, 0.25) is 0 Å². The van der Waals surface area contributed by atoms with Gasteiger partial charge in [0.1, 0.15) is 5.52 Å². The molecule has 2 aromatic carbocycles. The molecule has 5 rings (SSSR count). The topological polar surface area (TPSA) is 104 Å². The van der Waals surface area contributed by atoms with E-state index in [1.165, 1.54) is 0 Å². The Morgan fingerprint density at radius 1 is 1.18 bits per heavy atom. The molecule has 0 N–H and O–H groups in total. The van der Waals surface area contributed by atoms with Crippen LogP contribution in [0, 0.1) is 12.3 Å². The normalized spacial score (nSPS) is 17.0. The molecule has 0 bridgehead atoms. The monoisotopic (exact) mass is 467 g/mol. The van der Waals surface area contributed by atoms with Crippen molar-refractivity contribution in [3.05, 3.63) is 58.3 Å². The molecule has 2 aromatic heterocycles. The van der Waals surface area contributed by atoms with Crippen molar-refractivity contribution in [1.82, 2.24) is 14.1 Å². The highest BCUT2D eigenvalue weighted by molar-refractivity contribution is 7.92. The van der Waals surface area contributed by atoms with Gasteiger partial charge in [0.05, 0.1) is 28.2 Å². The lowest BCUT2D eigenvalue weighted by molar-refractivity contribution is 0.0936. The number of aryl methyl sites for hydroxylation is 1. The minimum Gasteiger partial charge on any atom is -0.441 e. The number of para-hydroxylation sites is 1. The van der Waals surface area contributed by atoms with Crippen molar-refractivity contribution < 1.29 is 17.6 Å². The highest BCUT2D eigenvalue weighted by atomic mass is 32.2. The fraction of sp³-hybridized carbons (Fsp3) is 0.375. The van der Waals surface area contributed by atoms with Gasteiger partial charge in [0.25, 0.3) is 0 Å². The Hall–Kier alpha value is -3.20. The van der Waals surface area contributed by atoms with Gasteiger partial charge in [-0.05, 0) is 44.2 Å². The number of ketones is 1. The van der Waals surface area contributed by atoms with E-state index in [0.29, 0.717) is 39.3 Å². The summed E-state index contributed by atoms with van der Waals surface area (Å²) in [5.74, 6) is 0.446. The summed E-state index contributed by atoms with van der Waals surface area (Å²) in [6.07, 6.45) is 0.155. The van der Waals surface area contributed by atoms with Gasteiger partial charge in [0.15, 0.2) is 27.1 Å².